The summed E-state index contributed by atoms with van der Waals surface area (Å²) in [5.74, 6) is 0.500. The van der Waals surface area contributed by atoms with Crippen molar-refractivity contribution < 1.29 is 9.53 Å². The van der Waals surface area contributed by atoms with Crippen LogP contribution in [0.2, 0.25) is 0 Å². The van der Waals surface area contributed by atoms with E-state index in [1.165, 1.54) is 0 Å². The minimum atomic E-state index is -0.591. The molecule has 1 amide bonds. The van der Waals surface area contributed by atoms with Crippen molar-refractivity contribution >= 4 is 23.4 Å². The highest BCUT2D eigenvalue weighted by Gasteiger charge is 2.20. The highest BCUT2D eigenvalue weighted by molar-refractivity contribution is 7.98. The molecule has 130 valence electrons. The Morgan fingerprint density at radius 3 is 2.33 bits per heavy atom. The number of aromatic nitrogens is 2. The fourth-order valence-corrected chi connectivity index (χ4v) is 2.89. The molecule has 0 fully saturated rings. The van der Waals surface area contributed by atoms with Crippen LogP contribution in [0.15, 0.2) is 29.2 Å². The molecule has 5 nitrogen and oxygen atoms in total. The molecule has 1 aromatic heterocycles. The number of benzene rings is 1. The van der Waals surface area contributed by atoms with Gasteiger partial charge in [-0.15, -0.1) is 11.8 Å². The molecule has 0 saturated heterocycles. The van der Waals surface area contributed by atoms with Crippen LogP contribution in [0.5, 0.6) is 5.75 Å². The number of hydrogen-bond donors (Lipinski definition) is 1. The van der Waals surface area contributed by atoms with Crippen molar-refractivity contribution in [1.82, 2.24) is 9.78 Å². The number of nitrogens with zero attached hydrogens (tertiary/aromatic N) is 2. The molecule has 6 heteroatoms. The summed E-state index contributed by atoms with van der Waals surface area (Å²) >= 11 is 1.67. The number of aryl methyl sites for hydroxylation is 1. The second-order valence-electron chi connectivity index (χ2n) is 6.01. The third-order valence-electron chi connectivity index (χ3n) is 3.80. The lowest BCUT2D eigenvalue weighted by Crippen LogP contribution is -2.30. The van der Waals surface area contributed by atoms with Gasteiger partial charge in [0.25, 0.3) is 5.91 Å². The van der Waals surface area contributed by atoms with E-state index >= 15 is 0 Å². The Kier molecular flexibility index (Phi) is 5.94. The van der Waals surface area contributed by atoms with Crippen LogP contribution in [0.3, 0.4) is 0 Å². The average molecular weight is 347 g/mol. The predicted molar refractivity (Wildman–Crippen MR) is 99.0 cm³/mol. The lowest BCUT2D eigenvalue weighted by Gasteiger charge is -2.15. The van der Waals surface area contributed by atoms with E-state index in [1.807, 2.05) is 49.1 Å². The molecule has 1 atom stereocenters. The van der Waals surface area contributed by atoms with E-state index in [4.69, 9.17) is 4.74 Å². The maximum atomic E-state index is 12.4. The summed E-state index contributed by atoms with van der Waals surface area (Å²) in [5.41, 5.74) is 2.53. The Labute approximate surface area is 147 Å². The van der Waals surface area contributed by atoms with E-state index in [0.717, 1.165) is 22.0 Å². The van der Waals surface area contributed by atoms with E-state index < -0.39 is 6.10 Å². The predicted octanol–water partition coefficient (Wildman–Crippen LogP) is 4.21. The molecular weight excluding hydrogens is 322 g/mol. The van der Waals surface area contributed by atoms with Gasteiger partial charge in [0.2, 0.25) is 0 Å². The molecule has 0 aliphatic heterocycles. The van der Waals surface area contributed by atoms with Gasteiger partial charge in [-0.05, 0) is 65.1 Å². The second-order valence-corrected chi connectivity index (χ2v) is 6.89. The Morgan fingerprint density at radius 1 is 1.21 bits per heavy atom. The first kappa shape index (κ1) is 18.4. The van der Waals surface area contributed by atoms with Gasteiger partial charge in [-0.25, -0.2) is 0 Å². The number of carbonyl (C=O) groups excluding carboxylic acids is 1. The maximum absolute atomic E-state index is 12.4. The number of carbonyl (C=O) groups is 1. The largest absolute Gasteiger partial charge is 0.481 e. The highest BCUT2D eigenvalue weighted by Crippen LogP contribution is 2.23. The van der Waals surface area contributed by atoms with Gasteiger partial charge >= 0.3 is 0 Å². The monoisotopic (exact) mass is 347 g/mol. The van der Waals surface area contributed by atoms with Crippen molar-refractivity contribution in [3.63, 3.8) is 0 Å². The highest BCUT2D eigenvalue weighted by atomic mass is 32.2. The van der Waals surface area contributed by atoms with Crippen molar-refractivity contribution in [3.8, 4) is 5.75 Å². The van der Waals surface area contributed by atoms with Crippen molar-refractivity contribution in [3.05, 3.63) is 35.7 Å². The quantitative estimate of drug-likeness (QED) is 0.795. The van der Waals surface area contributed by atoms with Gasteiger partial charge in [0.1, 0.15) is 5.75 Å². The van der Waals surface area contributed by atoms with Crippen LogP contribution in [0.25, 0.3) is 0 Å². The van der Waals surface area contributed by atoms with Crippen molar-refractivity contribution in [2.45, 2.75) is 51.7 Å². The van der Waals surface area contributed by atoms with Crippen molar-refractivity contribution in [2.24, 2.45) is 0 Å². The second kappa shape index (κ2) is 7.75. The Morgan fingerprint density at radius 2 is 1.83 bits per heavy atom. The molecule has 1 heterocycles. The molecule has 1 N–H and O–H groups in total. The molecular formula is C18H25N3O2S. The zero-order valence-corrected chi connectivity index (χ0v) is 15.9. The number of amides is 1. The van der Waals surface area contributed by atoms with Crippen LogP contribution in [-0.2, 0) is 4.79 Å². The topological polar surface area (TPSA) is 56.1 Å². The molecule has 0 spiro atoms. The van der Waals surface area contributed by atoms with Crippen molar-refractivity contribution in [2.75, 3.05) is 11.6 Å². The minimum Gasteiger partial charge on any atom is -0.481 e. The minimum absolute atomic E-state index is 0.182. The summed E-state index contributed by atoms with van der Waals surface area (Å²) in [5, 5.41) is 7.43. The van der Waals surface area contributed by atoms with E-state index in [2.05, 4.69) is 24.3 Å². The molecule has 2 aromatic rings. The fourth-order valence-electron chi connectivity index (χ4n) is 2.48. The summed E-state index contributed by atoms with van der Waals surface area (Å²) in [6.45, 7) is 9.73. The maximum Gasteiger partial charge on any atom is 0.265 e. The molecule has 0 aliphatic rings. The normalized spacial score (nSPS) is 12.3. The molecule has 1 unspecified atom stereocenters. The zero-order valence-electron chi connectivity index (χ0n) is 15.1. The standard InChI is InChI=1S/C18H25N3O2S/c1-11(2)21-13(4)17(12(3)20-21)19-18(22)14(5)23-15-7-9-16(24-6)10-8-15/h7-11,14H,1-6H3,(H,19,22). The lowest BCUT2D eigenvalue weighted by molar-refractivity contribution is -0.122. The van der Waals surface area contributed by atoms with Crippen LogP contribution < -0.4 is 10.1 Å². The molecule has 0 aliphatic carbocycles. The molecule has 0 radical (unpaired) electrons. The molecule has 24 heavy (non-hydrogen) atoms. The fraction of sp³-hybridized carbons (Fsp3) is 0.444. The Bertz CT molecular complexity index is 708. The first-order valence-corrected chi connectivity index (χ1v) is 9.23. The third-order valence-corrected chi connectivity index (χ3v) is 4.55. The van der Waals surface area contributed by atoms with E-state index in [9.17, 15) is 4.79 Å². The number of rotatable bonds is 6. The van der Waals surface area contributed by atoms with Crippen LogP contribution >= 0.6 is 11.8 Å². The van der Waals surface area contributed by atoms with Crippen LogP contribution in [-0.4, -0.2) is 28.0 Å². The number of hydrogen-bond acceptors (Lipinski definition) is 4. The molecule has 0 saturated carbocycles. The lowest BCUT2D eigenvalue weighted by atomic mass is 10.2. The van der Waals surface area contributed by atoms with Gasteiger partial charge in [0, 0.05) is 10.9 Å². The van der Waals surface area contributed by atoms with Gasteiger partial charge in [0.15, 0.2) is 6.10 Å². The number of nitrogens with one attached hydrogen (secondary N) is 1. The first-order valence-electron chi connectivity index (χ1n) is 8.00. The van der Waals surface area contributed by atoms with E-state index in [1.54, 1.807) is 18.7 Å². The van der Waals surface area contributed by atoms with Gasteiger partial charge in [0.05, 0.1) is 17.1 Å². The van der Waals surface area contributed by atoms with Gasteiger partial charge < -0.3 is 10.1 Å². The van der Waals surface area contributed by atoms with Gasteiger partial charge in [-0.1, -0.05) is 0 Å². The summed E-state index contributed by atoms with van der Waals surface area (Å²) in [4.78, 5) is 13.6. The van der Waals surface area contributed by atoms with Gasteiger partial charge in [-0.3, -0.25) is 9.48 Å². The average Bonchev–Trinajstić information content (AvgIpc) is 2.83. The number of ether oxygens (including phenoxy) is 1. The summed E-state index contributed by atoms with van der Waals surface area (Å²) in [6.07, 6.45) is 1.43. The van der Waals surface area contributed by atoms with Crippen LogP contribution in [0.1, 0.15) is 38.2 Å². The third kappa shape index (κ3) is 4.12. The number of anilines is 1. The molecule has 2 rings (SSSR count). The van der Waals surface area contributed by atoms with E-state index in [-0.39, 0.29) is 11.9 Å². The number of thioether (sulfide) groups is 1. The molecule has 1 aromatic carbocycles. The summed E-state index contributed by atoms with van der Waals surface area (Å²) in [6, 6.07) is 7.96. The van der Waals surface area contributed by atoms with Crippen LogP contribution in [0.4, 0.5) is 5.69 Å². The Balaban J connectivity index is 2.06. The van der Waals surface area contributed by atoms with Crippen molar-refractivity contribution in [1.29, 1.82) is 0 Å². The van der Waals surface area contributed by atoms with E-state index in [0.29, 0.717) is 5.75 Å². The first-order chi connectivity index (χ1) is 11.3. The smallest absolute Gasteiger partial charge is 0.265 e. The SMILES string of the molecule is CSc1ccc(OC(C)C(=O)Nc2c(C)nn(C(C)C)c2C)cc1. The summed E-state index contributed by atoms with van der Waals surface area (Å²) in [7, 11) is 0. The summed E-state index contributed by atoms with van der Waals surface area (Å²) < 4.78 is 7.65. The Hall–Kier alpha value is -1.95. The van der Waals surface area contributed by atoms with Gasteiger partial charge in [-0.2, -0.15) is 5.10 Å². The van der Waals surface area contributed by atoms with Crippen LogP contribution in [0, 0.1) is 13.8 Å². The zero-order chi connectivity index (χ0) is 17.9. The molecule has 0 bridgehead atoms.